The Morgan fingerprint density at radius 2 is 1.95 bits per heavy atom. The fourth-order valence-electron chi connectivity index (χ4n) is 2.16. The molecule has 0 aliphatic heterocycles. The van der Waals surface area contributed by atoms with Gasteiger partial charge in [0.15, 0.2) is 0 Å². The quantitative estimate of drug-likeness (QED) is 0.867. The van der Waals surface area contributed by atoms with Gasteiger partial charge >= 0.3 is 0 Å². The molecule has 104 valence electrons. The fourth-order valence-corrected chi connectivity index (χ4v) is 2.16. The van der Waals surface area contributed by atoms with E-state index in [2.05, 4.69) is 4.98 Å². The molecule has 1 amide bonds. The van der Waals surface area contributed by atoms with Gasteiger partial charge in [-0.25, -0.2) is 0 Å². The summed E-state index contributed by atoms with van der Waals surface area (Å²) in [7, 11) is 1.79. The summed E-state index contributed by atoms with van der Waals surface area (Å²) < 4.78 is 0. The maximum absolute atomic E-state index is 11.7. The molecular formula is C16H19N3O. The van der Waals surface area contributed by atoms with E-state index in [9.17, 15) is 4.79 Å². The molecule has 0 aliphatic rings. The minimum atomic E-state index is -0.113. The second-order valence-electron chi connectivity index (χ2n) is 4.80. The fraction of sp³-hybridized carbons (Fsp3) is 0.250. The number of likely N-dealkylation sites (N-methyl/N-ethyl adjacent to an activating group) is 1. The van der Waals surface area contributed by atoms with E-state index in [1.807, 2.05) is 42.5 Å². The molecule has 4 nitrogen and oxygen atoms in total. The van der Waals surface area contributed by atoms with Gasteiger partial charge in [0, 0.05) is 32.3 Å². The summed E-state index contributed by atoms with van der Waals surface area (Å²) in [6, 6.07) is 13.3. The smallest absolute Gasteiger partial charge is 0.219 e. The van der Waals surface area contributed by atoms with Crippen molar-refractivity contribution >= 4 is 11.6 Å². The highest BCUT2D eigenvalue weighted by Gasteiger charge is 2.21. The molecule has 2 rings (SSSR count). The van der Waals surface area contributed by atoms with Crippen LogP contribution in [0.1, 0.15) is 24.2 Å². The molecule has 1 aromatic carbocycles. The number of para-hydroxylation sites is 1. The van der Waals surface area contributed by atoms with Crippen LogP contribution < -0.4 is 5.73 Å². The third-order valence-electron chi connectivity index (χ3n) is 3.46. The van der Waals surface area contributed by atoms with Crippen LogP contribution in [0.25, 0.3) is 0 Å². The highest BCUT2D eigenvalue weighted by Crippen LogP contribution is 2.25. The molecule has 0 spiro atoms. The zero-order valence-electron chi connectivity index (χ0n) is 11.8. The number of rotatable bonds is 4. The first kappa shape index (κ1) is 14.1. The molecule has 1 atom stereocenters. The number of hydrogen-bond donors (Lipinski definition) is 1. The summed E-state index contributed by atoms with van der Waals surface area (Å²) in [5.74, 6) is 0.00940. The molecule has 0 bridgehead atoms. The standard InChI is InChI=1S/C16H19N3O/c1-12(20)19(2)16(15-9-5-6-10-18-15)11-13-7-3-4-8-14(13)17/h3-10,16H,11,17H2,1-2H3. The zero-order valence-corrected chi connectivity index (χ0v) is 11.8. The van der Waals surface area contributed by atoms with E-state index in [-0.39, 0.29) is 11.9 Å². The Morgan fingerprint density at radius 3 is 2.55 bits per heavy atom. The van der Waals surface area contributed by atoms with Crippen LogP contribution in [-0.4, -0.2) is 22.8 Å². The van der Waals surface area contributed by atoms with Gasteiger partial charge in [0.05, 0.1) is 11.7 Å². The Labute approximate surface area is 119 Å². The predicted octanol–water partition coefficient (Wildman–Crippen LogP) is 2.43. The van der Waals surface area contributed by atoms with E-state index in [0.717, 1.165) is 16.9 Å². The third kappa shape index (κ3) is 3.15. The summed E-state index contributed by atoms with van der Waals surface area (Å²) in [6.45, 7) is 1.56. The van der Waals surface area contributed by atoms with E-state index >= 15 is 0 Å². The second-order valence-corrected chi connectivity index (χ2v) is 4.80. The first-order chi connectivity index (χ1) is 9.59. The van der Waals surface area contributed by atoms with E-state index in [1.54, 1.807) is 25.1 Å². The summed E-state index contributed by atoms with van der Waals surface area (Å²) in [5, 5.41) is 0. The van der Waals surface area contributed by atoms with Gasteiger partial charge < -0.3 is 10.6 Å². The number of amides is 1. The van der Waals surface area contributed by atoms with Crippen LogP contribution in [-0.2, 0) is 11.2 Å². The van der Waals surface area contributed by atoms with Gasteiger partial charge in [-0.2, -0.15) is 0 Å². The maximum Gasteiger partial charge on any atom is 0.219 e. The van der Waals surface area contributed by atoms with Crippen molar-refractivity contribution < 1.29 is 4.79 Å². The van der Waals surface area contributed by atoms with E-state index < -0.39 is 0 Å². The lowest BCUT2D eigenvalue weighted by atomic mass is 10.00. The Kier molecular flexibility index (Phi) is 4.35. The molecular weight excluding hydrogens is 250 g/mol. The Balaban J connectivity index is 2.33. The molecule has 2 N–H and O–H groups in total. The lowest BCUT2D eigenvalue weighted by Gasteiger charge is -2.27. The maximum atomic E-state index is 11.7. The van der Waals surface area contributed by atoms with Crippen molar-refractivity contribution in [2.24, 2.45) is 0 Å². The minimum absolute atomic E-state index is 0.00940. The van der Waals surface area contributed by atoms with Gasteiger partial charge in [0.2, 0.25) is 5.91 Å². The molecule has 1 unspecified atom stereocenters. The van der Waals surface area contributed by atoms with Gasteiger partial charge in [-0.1, -0.05) is 24.3 Å². The van der Waals surface area contributed by atoms with Crippen molar-refractivity contribution in [3.8, 4) is 0 Å². The number of carbonyl (C=O) groups excluding carboxylic acids is 1. The number of pyridine rings is 1. The SMILES string of the molecule is CC(=O)N(C)C(Cc1ccccc1N)c1ccccn1. The molecule has 0 fully saturated rings. The average Bonchev–Trinajstić information content (AvgIpc) is 2.46. The van der Waals surface area contributed by atoms with Crippen LogP contribution in [0.3, 0.4) is 0 Å². The second kappa shape index (κ2) is 6.19. The van der Waals surface area contributed by atoms with Gasteiger partial charge in [-0.05, 0) is 23.8 Å². The molecule has 0 aliphatic carbocycles. The zero-order chi connectivity index (χ0) is 14.5. The van der Waals surface area contributed by atoms with Crippen molar-refractivity contribution in [3.63, 3.8) is 0 Å². The average molecular weight is 269 g/mol. The highest BCUT2D eigenvalue weighted by molar-refractivity contribution is 5.73. The molecule has 1 heterocycles. The minimum Gasteiger partial charge on any atom is -0.399 e. The molecule has 4 heteroatoms. The number of nitrogens with zero attached hydrogens (tertiary/aromatic N) is 2. The summed E-state index contributed by atoms with van der Waals surface area (Å²) in [6.07, 6.45) is 2.39. The summed E-state index contributed by atoms with van der Waals surface area (Å²) in [4.78, 5) is 17.8. The molecule has 0 radical (unpaired) electrons. The van der Waals surface area contributed by atoms with E-state index in [0.29, 0.717) is 6.42 Å². The number of nitrogen functional groups attached to an aromatic ring is 1. The first-order valence-corrected chi connectivity index (χ1v) is 6.57. The summed E-state index contributed by atoms with van der Waals surface area (Å²) in [5.41, 5.74) is 8.63. The monoisotopic (exact) mass is 269 g/mol. The van der Waals surface area contributed by atoms with Crippen molar-refractivity contribution in [2.75, 3.05) is 12.8 Å². The van der Waals surface area contributed by atoms with Gasteiger partial charge in [-0.3, -0.25) is 9.78 Å². The lowest BCUT2D eigenvalue weighted by Crippen LogP contribution is -2.31. The summed E-state index contributed by atoms with van der Waals surface area (Å²) >= 11 is 0. The van der Waals surface area contributed by atoms with Crippen molar-refractivity contribution in [1.82, 2.24) is 9.88 Å². The predicted molar refractivity (Wildman–Crippen MR) is 80.0 cm³/mol. The number of aromatic nitrogens is 1. The molecule has 2 aromatic rings. The lowest BCUT2D eigenvalue weighted by molar-refractivity contribution is -0.129. The Morgan fingerprint density at radius 1 is 1.25 bits per heavy atom. The topological polar surface area (TPSA) is 59.2 Å². The molecule has 0 saturated heterocycles. The number of anilines is 1. The number of carbonyl (C=O) groups is 1. The Hall–Kier alpha value is -2.36. The van der Waals surface area contributed by atoms with Crippen LogP contribution >= 0.6 is 0 Å². The molecule has 20 heavy (non-hydrogen) atoms. The van der Waals surface area contributed by atoms with Crippen LogP contribution in [0.15, 0.2) is 48.7 Å². The number of nitrogens with two attached hydrogens (primary N) is 1. The largest absolute Gasteiger partial charge is 0.399 e. The number of hydrogen-bond acceptors (Lipinski definition) is 3. The van der Waals surface area contributed by atoms with Gasteiger partial charge in [-0.15, -0.1) is 0 Å². The van der Waals surface area contributed by atoms with Crippen LogP contribution in [0, 0.1) is 0 Å². The number of benzene rings is 1. The van der Waals surface area contributed by atoms with Crippen molar-refractivity contribution in [3.05, 3.63) is 59.9 Å². The van der Waals surface area contributed by atoms with Gasteiger partial charge in [0.1, 0.15) is 0 Å². The van der Waals surface area contributed by atoms with Crippen LogP contribution in [0.2, 0.25) is 0 Å². The first-order valence-electron chi connectivity index (χ1n) is 6.57. The van der Waals surface area contributed by atoms with Gasteiger partial charge in [0.25, 0.3) is 0 Å². The van der Waals surface area contributed by atoms with Crippen LogP contribution in [0.4, 0.5) is 5.69 Å². The van der Waals surface area contributed by atoms with Crippen molar-refractivity contribution in [1.29, 1.82) is 0 Å². The Bertz CT molecular complexity index is 583. The molecule has 0 saturated carbocycles. The van der Waals surface area contributed by atoms with Crippen molar-refractivity contribution in [2.45, 2.75) is 19.4 Å². The van der Waals surface area contributed by atoms with E-state index in [4.69, 9.17) is 5.73 Å². The normalized spacial score (nSPS) is 11.9. The highest BCUT2D eigenvalue weighted by atomic mass is 16.2. The van der Waals surface area contributed by atoms with Crippen LogP contribution in [0.5, 0.6) is 0 Å². The molecule has 1 aromatic heterocycles. The third-order valence-corrected chi connectivity index (χ3v) is 3.46. The van der Waals surface area contributed by atoms with E-state index in [1.165, 1.54) is 0 Å².